The normalized spacial score (nSPS) is 11.1. The van der Waals surface area contributed by atoms with Crippen LogP contribution in [0.5, 0.6) is 0 Å². The second-order valence-corrected chi connectivity index (χ2v) is 5.80. The fraction of sp³-hybridized carbons (Fsp3) is 0. The van der Waals surface area contributed by atoms with Crippen molar-refractivity contribution in [1.82, 2.24) is 20.8 Å². The molecule has 3 aromatic rings. The van der Waals surface area contributed by atoms with Gasteiger partial charge in [-0.05, 0) is 56.6 Å². The average Bonchev–Trinajstić information content (AvgIpc) is 3.11. The number of amides is 2. The Hall–Kier alpha value is -3.38. The minimum atomic E-state index is -0.625. The summed E-state index contributed by atoms with van der Waals surface area (Å²) < 4.78 is 18.1. The Morgan fingerprint density at radius 1 is 1.19 bits per heavy atom. The molecule has 0 fully saturated rings. The summed E-state index contributed by atoms with van der Waals surface area (Å²) >= 11 is 3.04. The van der Waals surface area contributed by atoms with Crippen LogP contribution in [0.15, 0.2) is 56.8 Å². The molecular formula is C15H11BrFN7O3. The number of anilines is 2. The largest absolute Gasteiger partial charge is 0.325 e. The molecular weight excluding hydrogens is 425 g/mol. The van der Waals surface area contributed by atoms with Crippen molar-refractivity contribution in [3.63, 3.8) is 0 Å². The predicted octanol–water partition coefficient (Wildman–Crippen LogP) is 3.07. The molecule has 0 atom stereocenters. The van der Waals surface area contributed by atoms with Crippen molar-refractivity contribution >= 4 is 45.0 Å². The maximum Gasteiger partial charge on any atom is 0.325 e. The molecule has 0 unspecified atom stereocenters. The molecule has 4 N–H and O–H groups in total. The molecule has 0 bridgehead atoms. The zero-order chi connectivity index (χ0) is 19.2. The van der Waals surface area contributed by atoms with Crippen LogP contribution in [0, 0.1) is 5.82 Å². The maximum atomic E-state index is 13.3. The minimum absolute atomic E-state index is 0.0668. The molecule has 138 valence electrons. The van der Waals surface area contributed by atoms with Gasteiger partial charge in [0, 0.05) is 18.1 Å². The lowest BCUT2D eigenvalue weighted by molar-refractivity contribution is 0.234. The number of nitrogens with zero attached hydrogens (tertiary/aromatic N) is 4. The van der Waals surface area contributed by atoms with Gasteiger partial charge in [0.25, 0.3) is 0 Å². The summed E-state index contributed by atoms with van der Waals surface area (Å²) in [4.78, 5) is 20.0. The maximum absolute atomic E-state index is 13.3. The minimum Gasteiger partial charge on any atom is -0.308 e. The lowest BCUT2D eigenvalue weighted by Crippen LogP contribution is -2.25. The fourth-order valence-electron chi connectivity index (χ4n) is 1.95. The number of hydrogen-bond donors (Lipinski definition) is 4. The number of amidine groups is 1. The van der Waals surface area contributed by atoms with Gasteiger partial charge in [-0.15, -0.1) is 0 Å². The van der Waals surface area contributed by atoms with Crippen molar-refractivity contribution in [1.29, 1.82) is 0 Å². The van der Waals surface area contributed by atoms with Crippen molar-refractivity contribution in [2.75, 3.05) is 10.6 Å². The molecule has 12 heteroatoms. The molecule has 1 aromatic carbocycles. The average molecular weight is 436 g/mol. The van der Waals surface area contributed by atoms with Crippen LogP contribution < -0.4 is 16.1 Å². The van der Waals surface area contributed by atoms with Crippen LogP contribution in [-0.2, 0) is 0 Å². The van der Waals surface area contributed by atoms with Gasteiger partial charge < -0.3 is 5.32 Å². The highest BCUT2D eigenvalue weighted by Gasteiger charge is 2.19. The van der Waals surface area contributed by atoms with E-state index in [1.807, 2.05) is 5.48 Å². The summed E-state index contributed by atoms with van der Waals surface area (Å²) in [6, 6.07) is 6.53. The van der Waals surface area contributed by atoms with E-state index in [9.17, 15) is 14.4 Å². The molecule has 2 aromatic heterocycles. The third kappa shape index (κ3) is 4.62. The van der Waals surface area contributed by atoms with Crippen LogP contribution in [0.25, 0.3) is 0 Å². The Labute approximate surface area is 159 Å². The molecule has 2 heterocycles. The SMILES string of the molecule is O=C(Nc1ccncc1)Nc1nonc1C(=Nc1ccc(F)c(Br)c1)NO. The fourth-order valence-corrected chi connectivity index (χ4v) is 2.31. The van der Waals surface area contributed by atoms with Gasteiger partial charge in [-0.25, -0.2) is 18.8 Å². The van der Waals surface area contributed by atoms with E-state index in [1.165, 1.54) is 30.6 Å². The summed E-state index contributed by atoms with van der Waals surface area (Å²) in [5, 5.41) is 21.5. The van der Waals surface area contributed by atoms with Crippen LogP contribution in [0.4, 0.5) is 26.4 Å². The molecule has 2 amide bonds. The van der Waals surface area contributed by atoms with Crippen LogP contribution in [0.1, 0.15) is 5.69 Å². The number of hydroxylamine groups is 1. The number of aliphatic imine (C=N–C) groups is 1. The highest BCUT2D eigenvalue weighted by Crippen LogP contribution is 2.23. The van der Waals surface area contributed by atoms with E-state index in [0.717, 1.165) is 0 Å². The summed E-state index contributed by atoms with van der Waals surface area (Å²) in [5.74, 6) is -0.734. The lowest BCUT2D eigenvalue weighted by atomic mass is 10.3. The summed E-state index contributed by atoms with van der Waals surface area (Å²) in [6.07, 6.45) is 3.03. The molecule has 0 aliphatic rings. The molecule has 3 rings (SSSR count). The third-order valence-corrected chi connectivity index (χ3v) is 3.74. The Morgan fingerprint density at radius 2 is 1.96 bits per heavy atom. The zero-order valence-corrected chi connectivity index (χ0v) is 14.9. The topological polar surface area (TPSA) is 138 Å². The first-order chi connectivity index (χ1) is 13.1. The van der Waals surface area contributed by atoms with E-state index >= 15 is 0 Å². The molecule has 27 heavy (non-hydrogen) atoms. The standard InChI is InChI=1S/C15H11BrFN7O3/c16-10-7-9(1-2-11(10)17)19-13(22-26)12-14(24-27-23-12)21-15(25)20-8-3-5-18-6-4-8/h1-7,26H,(H,19,22)(H2,18,20,21,24,25). The molecule has 0 aliphatic carbocycles. The molecule has 0 aliphatic heterocycles. The molecule has 0 saturated heterocycles. The lowest BCUT2D eigenvalue weighted by Gasteiger charge is -2.06. The molecule has 0 spiro atoms. The molecule has 10 nitrogen and oxygen atoms in total. The first kappa shape index (κ1) is 18.4. The number of rotatable bonds is 4. The van der Waals surface area contributed by atoms with E-state index in [0.29, 0.717) is 11.4 Å². The van der Waals surface area contributed by atoms with Gasteiger partial charge in [-0.3, -0.25) is 21.0 Å². The number of urea groups is 1. The second-order valence-electron chi connectivity index (χ2n) is 4.95. The van der Waals surface area contributed by atoms with E-state index in [2.05, 4.69) is 51.5 Å². The quantitative estimate of drug-likeness (QED) is 0.280. The van der Waals surface area contributed by atoms with Crippen LogP contribution in [-0.4, -0.2) is 32.4 Å². The Kier molecular flexibility index (Phi) is 5.68. The van der Waals surface area contributed by atoms with Gasteiger partial charge in [-0.2, -0.15) is 0 Å². The molecule has 0 saturated carbocycles. The van der Waals surface area contributed by atoms with Crippen LogP contribution in [0.3, 0.4) is 0 Å². The highest BCUT2D eigenvalue weighted by molar-refractivity contribution is 9.10. The summed E-state index contributed by atoms with van der Waals surface area (Å²) in [5.41, 5.74) is 2.59. The van der Waals surface area contributed by atoms with Crippen molar-refractivity contribution in [3.8, 4) is 0 Å². The van der Waals surface area contributed by atoms with E-state index in [-0.39, 0.29) is 21.8 Å². The Balaban J connectivity index is 1.80. The smallest absolute Gasteiger partial charge is 0.308 e. The summed E-state index contributed by atoms with van der Waals surface area (Å²) in [6.45, 7) is 0. The van der Waals surface area contributed by atoms with Crippen molar-refractivity contribution in [2.24, 2.45) is 4.99 Å². The number of halogens is 2. The van der Waals surface area contributed by atoms with Gasteiger partial charge in [0.05, 0.1) is 10.2 Å². The Morgan fingerprint density at radius 3 is 2.67 bits per heavy atom. The Bertz CT molecular complexity index is 981. The number of hydrogen-bond acceptors (Lipinski definition) is 7. The third-order valence-electron chi connectivity index (χ3n) is 3.13. The number of benzene rings is 1. The number of carbonyl (C=O) groups is 1. The van der Waals surface area contributed by atoms with Crippen molar-refractivity contribution in [2.45, 2.75) is 0 Å². The van der Waals surface area contributed by atoms with Gasteiger partial charge in [-0.1, -0.05) is 0 Å². The van der Waals surface area contributed by atoms with Crippen LogP contribution in [0.2, 0.25) is 0 Å². The monoisotopic (exact) mass is 435 g/mol. The first-order valence-electron chi connectivity index (χ1n) is 7.31. The van der Waals surface area contributed by atoms with Gasteiger partial charge >= 0.3 is 6.03 Å². The van der Waals surface area contributed by atoms with E-state index in [1.54, 1.807) is 12.1 Å². The van der Waals surface area contributed by atoms with Crippen LogP contribution >= 0.6 is 15.9 Å². The number of pyridine rings is 1. The number of aromatic nitrogens is 3. The number of carbonyl (C=O) groups excluding carboxylic acids is 1. The first-order valence-corrected chi connectivity index (χ1v) is 8.11. The zero-order valence-electron chi connectivity index (χ0n) is 13.3. The second kappa shape index (κ2) is 8.33. The van der Waals surface area contributed by atoms with E-state index < -0.39 is 11.8 Å². The van der Waals surface area contributed by atoms with Crippen molar-refractivity contribution in [3.05, 3.63) is 58.7 Å². The van der Waals surface area contributed by atoms with Gasteiger partial charge in [0.2, 0.25) is 5.82 Å². The molecule has 0 radical (unpaired) electrons. The van der Waals surface area contributed by atoms with E-state index in [4.69, 9.17) is 0 Å². The highest BCUT2D eigenvalue weighted by atomic mass is 79.9. The van der Waals surface area contributed by atoms with Crippen molar-refractivity contribution < 1.29 is 19.0 Å². The number of nitrogens with one attached hydrogen (secondary N) is 3. The summed E-state index contributed by atoms with van der Waals surface area (Å²) in [7, 11) is 0. The van der Waals surface area contributed by atoms with Gasteiger partial charge in [0.1, 0.15) is 5.82 Å². The van der Waals surface area contributed by atoms with Gasteiger partial charge in [0.15, 0.2) is 11.5 Å². The predicted molar refractivity (Wildman–Crippen MR) is 96.4 cm³/mol.